The van der Waals surface area contributed by atoms with E-state index in [1.807, 2.05) is 14.0 Å². The van der Waals surface area contributed by atoms with Gasteiger partial charge in [0.15, 0.2) is 0 Å². The van der Waals surface area contributed by atoms with Gasteiger partial charge in [-0.3, -0.25) is 0 Å². The molecule has 1 unspecified atom stereocenters. The second-order valence-electron chi connectivity index (χ2n) is 4.49. The first kappa shape index (κ1) is 10.5. The van der Waals surface area contributed by atoms with Gasteiger partial charge in [0.1, 0.15) is 0 Å². The molecular formula is C11H19N3O. The average Bonchev–Trinajstić information content (AvgIpc) is 2.73. The highest BCUT2D eigenvalue weighted by Crippen LogP contribution is 2.28. The predicted molar refractivity (Wildman–Crippen MR) is 60.1 cm³/mol. The van der Waals surface area contributed by atoms with Crippen LogP contribution in [0.3, 0.4) is 0 Å². The zero-order valence-corrected chi connectivity index (χ0v) is 9.71. The van der Waals surface area contributed by atoms with Crippen LogP contribution in [0.25, 0.3) is 0 Å². The topological polar surface area (TPSA) is 39.1 Å². The molecule has 0 aromatic carbocycles. The molecule has 1 saturated heterocycles. The van der Waals surface area contributed by atoms with E-state index < -0.39 is 0 Å². The Labute approximate surface area is 90.6 Å². The molecule has 1 fully saturated rings. The summed E-state index contributed by atoms with van der Waals surface area (Å²) < 4.78 is 7.92. The van der Waals surface area contributed by atoms with Crippen molar-refractivity contribution in [3.8, 4) is 0 Å². The third kappa shape index (κ3) is 2.15. The Balaban J connectivity index is 2.15. The van der Waals surface area contributed by atoms with Gasteiger partial charge in [-0.1, -0.05) is 0 Å². The fourth-order valence-corrected chi connectivity index (χ4v) is 2.19. The van der Waals surface area contributed by atoms with Crippen molar-refractivity contribution in [2.24, 2.45) is 0 Å². The zero-order chi connectivity index (χ0) is 10.9. The lowest BCUT2D eigenvalue weighted by Gasteiger charge is -2.24. The fourth-order valence-electron chi connectivity index (χ4n) is 2.19. The lowest BCUT2D eigenvalue weighted by atomic mass is 10.0. The second-order valence-corrected chi connectivity index (χ2v) is 4.49. The highest BCUT2D eigenvalue weighted by atomic mass is 16.5. The van der Waals surface area contributed by atoms with Gasteiger partial charge in [-0.05, 0) is 26.7 Å². The number of aryl methyl sites for hydroxylation is 1. The molecule has 1 aromatic rings. The van der Waals surface area contributed by atoms with Crippen molar-refractivity contribution in [1.29, 1.82) is 0 Å². The van der Waals surface area contributed by atoms with Gasteiger partial charge in [0.2, 0.25) is 5.95 Å². The van der Waals surface area contributed by atoms with Gasteiger partial charge < -0.3 is 14.6 Å². The summed E-state index contributed by atoms with van der Waals surface area (Å²) in [5, 5.41) is 3.10. The van der Waals surface area contributed by atoms with Gasteiger partial charge in [-0.15, -0.1) is 0 Å². The number of hydrogen-bond donors (Lipinski definition) is 1. The van der Waals surface area contributed by atoms with E-state index in [4.69, 9.17) is 4.74 Å². The van der Waals surface area contributed by atoms with Crippen molar-refractivity contribution in [1.82, 2.24) is 9.55 Å². The highest BCUT2D eigenvalue weighted by molar-refractivity contribution is 5.27. The van der Waals surface area contributed by atoms with Crippen molar-refractivity contribution in [3.05, 3.63) is 11.9 Å². The number of rotatable bonds is 3. The monoisotopic (exact) mass is 209 g/mol. The van der Waals surface area contributed by atoms with Crippen LogP contribution in [0.5, 0.6) is 0 Å². The van der Waals surface area contributed by atoms with Crippen molar-refractivity contribution >= 4 is 5.95 Å². The van der Waals surface area contributed by atoms with Crippen LogP contribution >= 0.6 is 0 Å². The maximum atomic E-state index is 5.78. The lowest BCUT2D eigenvalue weighted by molar-refractivity contribution is 0.00664. The number of nitrogens with zero attached hydrogens (tertiary/aromatic N) is 2. The van der Waals surface area contributed by atoms with Crippen LogP contribution in [-0.4, -0.2) is 28.8 Å². The summed E-state index contributed by atoms with van der Waals surface area (Å²) in [7, 11) is 1.90. The van der Waals surface area contributed by atoms with E-state index in [0.717, 1.165) is 31.2 Å². The Morgan fingerprint density at radius 1 is 1.67 bits per heavy atom. The molecule has 84 valence electrons. The fraction of sp³-hybridized carbons (Fsp3) is 0.727. The Morgan fingerprint density at radius 3 is 3.07 bits per heavy atom. The van der Waals surface area contributed by atoms with Crippen molar-refractivity contribution in [2.75, 3.05) is 19.0 Å². The molecule has 1 aliphatic heterocycles. The maximum Gasteiger partial charge on any atom is 0.202 e. The number of nitrogens with one attached hydrogen (secondary N) is 1. The number of hydrogen-bond acceptors (Lipinski definition) is 3. The summed E-state index contributed by atoms with van der Waals surface area (Å²) >= 11 is 0. The van der Waals surface area contributed by atoms with Crippen LogP contribution in [0.1, 0.15) is 25.5 Å². The van der Waals surface area contributed by atoms with Crippen LogP contribution in [0.2, 0.25) is 0 Å². The minimum absolute atomic E-state index is 0.0151. The molecule has 2 heterocycles. The van der Waals surface area contributed by atoms with Gasteiger partial charge in [0.05, 0.1) is 17.8 Å². The largest absolute Gasteiger partial charge is 0.373 e. The standard InChI is InChI=1S/C11H19N3O/c1-9-7-14(10(12-3)13-9)8-11(2)5-4-6-15-11/h7H,4-6,8H2,1-3H3,(H,12,13). The van der Waals surface area contributed by atoms with Crippen LogP contribution in [0.15, 0.2) is 6.20 Å². The van der Waals surface area contributed by atoms with E-state index >= 15 is 0 Å². The first-order chi connectivity index (χ1) is 7.13. The van der Waals surface area contributed by atoms with Gasteiger partial charge in [-0.2, -0.15) is 0 Å². The number of aromatic nitrogens is 2. The Kier molecular flexibility index (Phi) is 2.69. The quantitative estimate of drug-likeness (QED) is 0.825. The molecule has 0 amide bonds. The third-order valence-electron chi connectivity index (χ3n) is 2.93. The SMILES string of the molecule is CNc1nc(C)cn1CC1(C)CCCO1. The highest BCUT2D eigenvalue weighted by Gasteiger charge is 2.30. The van der Waals surface area contributed by atoms with Gasteiger partial charge in [0.25, 0.3) is 0 Å². The smallest absolute Gasteiger partial charge is 0.202 e. The van der Waals surface area contributed by atoms with Crippen molar-refractivity contribution in [3.63, 3.8) is 0 Å². The van der Waals surface area contributed by atoms with Crippen LogP contribution in [0.4, 0.5) is 5.95 Å². The van der Waals surface area contributed by atoms with E-state index in [1.165, 1.54) is 6.42 Å². The minimum atomic E-state index is -0.0151. The summed E-state index contributed by atoms with van der Waals surface area (Å²) in [6, 6.07) is 0. The number of anilines is 1. The Morgan fingerprint density at radius 2 is 2.47 bits per heavy atom. The summed E-state index contributed by atoms with van der Waals surface area (Å²) in [4.78, 5) is 4.40. The van der Waals surface area contributed by atoms with E-state index in [9.17, 15) is 0 Å². The van der Waals surface area contributed by atoms with E-state index in [0.29, 0.717) is 0 Å². The van der Waals surface area contributed by atoms with Crippen LogP contribution < -0.4 is 5.32 Å². The summed E-state index contributed by atoms with van der Waals surface area (Å²) in [5.41, 5.74) is 1.03. The van der Waals surface area contributed by atoms with Crippen LogP contribution in [-0.2, 0) is 11.3 Å². The van der Waals surface area contributed by atoms with Gasteiger partial charge in [-0.25, -0.2) is 4.98 Å². The molecule has 0 saturated carbocycles. The normalized spacial score (nSPS) is 25.8. The second kappa shape index (κ2) is 3.85. The summed E-state index contributed by atoms with van der Waals surface area (Å²) in [5.74, 6) is 0.921. The van der Waals surface area contributed by atoms with Crippen molar-refractivity contribution < 1.29 is 4.74 Å². The summed E-state index contributed by atoms with van der Waals surface area (Å²) in [6.45, 7) is 5.95. The molecule has 4 heteroatoms. The molecule has 0 spiro atoms. The first-order valence-corrected chi connectivity index (χ1v) is 5.48. The predicted octanol–water partition coefficient (Wildman–Crippen LogP) is 1.80. The average molecular weight is 209 g/mol. The molecule has 0 radical (unpaired) electrons. The van der Waals surface area contributed by atoms with Gasteiger partial charge in [0, 0.05) is 19.9 Å². The molecule has 2 rings (SSSR count). The summed E-state index contributed by atoms with van der Waals surface area (Å²) in [6.07, 6.45) is 4.37. The van der Waals surface area contributed by atoms with E-state index in [1.54, 1.807) is 0 Å². The first-order valence-electron chi connectivity index (χ1n) is 5.48. The molecule has 1 atom stereocenters. The van der Waals surface area contributed by atoms with E-state index in [-0.39, 0.29) is 5.60 Å². The van der Waals surface area contributed by atoms with Crippen molar-refractivity contribution in [2.45, 2.75) is 38.8 Å². The zero-order valence-electron chi connectivity index (χ0n) is 9.71. The molecule has 0 bridgehead atoms. The molecule has 4 nitrogen and oxygen atoms in total. The molecule has 0 aliphatic carbocycles. The Hall–Kier alpha value is -1.03. The van der Waals surface area contributed by atoms with Crippen LogP contribution in [0, 0.1) is 6.92 Å². The molecule has 1 N–H and O–H groups in total. The minimum Gasteiger partial charge on any atom is -0.373 e. The molecule has 1 aliphatic rings. The number of ether oxygens (including phenoxy) is 1. The van der Waals surface area contributed by atoms with Gasteiger partial charge >= 0.3 is 0 Å². The molecular weight excluding hydrogens is 190 g/mol. The molecule has 15 heavy (non-hydrogen) atoms. The lowest BCUT2D eigenvalue weighted by Crippen LogP contribution is -2.29. The maximum absolute atomic E-state index is 5.78. The number of imidazole rings is 1. The molecule has 1 aromatic heterocycles. The third-order valence-corrected chi connectivity index (χ3v) is 2.93. The Bertz CT molecular complexity index is 340. The van der Waals surface area contributed by atoms with E-state index in [2.05, 4.69) is 28.0 Å².